The summed E-state index contributed by atoms with van der Waals surface area (Å²) in [5.74, 6) is -0.149. The molecule has 1 aromatic rings. The van der Waals surface area contributed by atoms with Crippen molar-refractivity contribution in [3.8, 4) is 0 Å². The van der Waals surface area contributed by atoms with Gasteiger partial charge in [0.1, 0.15) is 28.7 Å². The Morgan fingerprint density at radius 2 is 2.41 bits per heavy atom. The Balaban J connectivity index is 2.02. The van der Waals surface area contributed by atoms with Crippen molar-refractivity contribution in [3.63, 3.8) is 0 Å². The molecule has 5 nitrogen and oxygen atoms in total. The van der Waals surface area contributed by atoms with Crippen molar-refractivity contribution in [2.75, 3.05) is 11.9 Å². The van der Waals surface area contributed by atoms with Gasteiger partial charge < -0.3 is 15.7 Å². The van der Waals surface area contributed by atoms with Gasteiger partial charge in [0, 0.05) is 6.54 Å². The van der Waals surface area contributed by atoms with Crippen molar-refractivity contribution >= 4 is 27.7 Å². The van der Waals surface area contributed by atoms with Crippen LogP contribution in [0.5, 0.6) is 0 Å². The molecule has 17 heavy (non-hydrogen) atoms. The monoisotopic (exact) mass is 303 g/mol. The van der Waals surface area contributed by atoms with E-state index in [-0.39, 0.29) is 6.54 Å². The quantitative estimate of drug-likeness (QED) is 0.694. The van der Waals surface area contributed by atoms with E-state index in [9.17, 15) is 14.3 Å². The van der Waals surface area contributed by atoms with Crippen molar-refractivity contribution in [1.82, 2.24) is 10.3 Å². The molecule has 1 amide bonds. The lowest BCUT2D eigenvalue weighted by Gasteiger charge is -2.14. The first-order valence-electron chi connectivity index (χ1n) is 5.07. The summed E-state index contributed by atoms with van der Waals surface area (Å²) in [6.07, 6.45) is -2.73. The lowest BCUT2D eigenvalue weighted by atomic mass is 10.1. The zero-order valence-electron chi connectivity index (χ0n) is 8.73. The van der Waals surface area contributed by atoms with Crippen LogP contribution in [-0.4, -0.2) is 40.9 Å². The first-order valence-corrected chi connectivity index (χ1v) is 5.86. The van der Waals surface area contributed by atoms with Crippen LogP contribution in [0.15, 0.2) is 22.8 Å². The summed E-state index contributed by atoms with van der Waals surface area (Å²) in [7, 11) is 0. The van der Waals surface area contributed by atoms with Crippen LogP contribution in [0.3, 0.4) is 0 Å². The van der Waals surface area contributed by atoms with Gasteiger partial charge in [-0.25, -0.2) is 9.37 Å². The van der Waals surface area contributed by atoms with E-state index in [1.807, 2.05) is 0 Å². The third-order valence-electron chi connectivity index (χ3n) is 2.49. The number of aliphatic hydroxyl groups excluding tert-OH is 1. The molecule has 7 heteroatoms. The van der Waals surface area contributed by atoms with Gasteiger partial charge in [0.25, 0.3) is 0 Å². The molecule has 2 heterocycles. The molecular weight excluding hydrogens is 293 g/mol. The summed E-state index contributed by atoms with van der Waals surface area (Å²) in [5.41, 5.74) is 0. The fraction of sp³-hybridized carbons (Fsp3) is 0.400. The minimum absolute atomic E-state index is 0.0227. The number of pyridine rings is 1. The number of nitrogens with one attached hydrogen (secondary N) is 2. The average Bonchev–Trinajstić information content (AvgIpc) is 2.60. The van der Waals surface area contributed by atoms with E-state index in [4.69, 9.17) is 0 Å². The van der Waals surface area contributed by atoms with Gasteiger partial charge >= 0.3 is 0 Å². The second kappa shape index (κ2) is 5.07. The highest BCUT2D eigenvalue weighted by atomic mass is 79.9. The molecule has 2 rings (SSSR count). The largest absolute Gasteiger partial charge is 0.388 e. The van der Waals surface area contributed by atoms with Crippen molar-refractivity contribution in [1.29, 1.82) is 0 Å². The first-order chi connectivity index (χ1) is 8.08. The van der Waals surface area contributed by atoms with Crippen molar-refractivity contribution in [2.45, 2.75) is 18.3 Å². The highest BCUT2D eigenvalue weighted by Crippen LogP contribution is 2.14. The topological polar surface area (TPSA) is 74.2 Å². The Hall–Kier alpha value is -1.05. The van der Waals surface area contributed by atoms with Crippen LogP contribution < -0.4 is 10.6 Å². The van der Waals surface area contributed by atoms with Gasteiger partial charge in [-0.15, -0.1) is 0 Å². The average molecular weight is 304 g/mol. The third-order valence-corrected chi connectivity index (χ3v) is 2.94. The van der Waals surface area contributed by atoms with E-state index in [1.54, 1.807) is 18.2 Å². The summed E-state index contributed by atoms with van der Waals surface area (Å²) >= 11 is 3.17. The maximum atomic E-state index is 13.0. The molecule has 0 saturated carbocycles. The maximum Gasteiger partial charge on any atom is 0.245 e. The van der Waals surface area contributed by atoms with Crippen molar-refractivity contribution in [2.24, 2.45) is 0 Å². The summed E-state index contributed by atoms with van der Waals surface area (Å²) in [6, 6.07) is 4.10. The van der Waals surface area contributed by atoms with Crippen LogP contribution in [0.1, 0.15) is 0 Å². The fourth-order valence-corrected chi connectivity index (χ4v) is 1.96. The van der Waals surface area contributed by atoms with E-state index in [0.29, 0.717) is 10.4 Å². The van der Waals surface area contributed by atoms with E-state index < -0.39 is 24.2 Å². The van der Waals surface area contributed by atoms with Crippen LogP contribution in [0, 0.1) is 0 Å². The summed E-state index contributed by atoms with van der Waals surface area (Å²) in [5, 5.41) is 14.6. The van der Waals surface area contributed by atoms with E-state index in [2.05, 4.69) is 31.5 Å². The van der Waals surface area contributed by atoms with Crippen LogP contribution in [0.25, 0.3) is 0 Å². The van der Waals surface area contributed by atoms with Crippen LogP contribution in [-0.2, 0) is 4.79 Å². The van der Waals surface area contributed by atoms with E-state index in [1.165, 1.54) is 0 Å². The van der Waals surface area contributed by atoms with Gasteiger partial charge in [0.2, 0.25) is 5.91 Å². The minimum Gasteiger partial charge on any atom is -0.388 e. The van der Waals surface area contributed by atoms with Gasteiger partial charge in [-0.2, -0.15) is 0 Å². The molecule has 1 aromatic heterocycles. The van der Waals surface area contributed by atoms with Crippen molar-refractivity contribution < 1.29 is 14.3 Å². The number of carbonyl (C=O) groups is 1. The zero-order valence-corrected chi connectivity index (χ0v) is 10.3. The predicted molar refractivity (Wildman–Crippen MR) is 63.3 cm³/mol. The number of halogens is 2. The predicted octanol–water partition coefficient (Wildman–Crippen LogP) is 0.453. The molecule has 3 unspecified atom stereocenters. The lowest BCUT2D eigenvalue weighted by Crippen LogP contribution is -2.43. The van der Waals surface area contributed by atoms with Gasteiger partial charge in [0.15, 0.2) is 0 Å². The van der Waals surface area contributed by atoms with Crippen LogP contribution >= 0.6 is 15.9 Å². The zero-order chi connectivity index (χ0) is 12.4. The molecule has 1 saturated heterocycles. The number of carbonyl (C=O) groups excluding carboxylic acids is 1. The molecule has 1 fully saturated rings. The molecule has 1 aliphatic rings. The Labute approximate surface area is 106 Å². The van der Waals surface area contributed by atoms with Gasteiger partial charge in [-0.05, 0) is 28.1 Å². The van der Waals surface area contributed by atoms with E-state index >= 15 is 0 Å². The second-order valence-electron chi connectivity index (χ2n) is 3.73. The van der Waals surface area contributed by atoms with Gasteiger partial charge in [0.05, 0.1) is 0 Å². The Kier molecular flexibility index (Phi) is 3.70. The summed E-state index contributed by atoms with van der Waals surface area (Å²) in [6.45, 7) is -0.0227. The van der Waals surface area contributed by atoms with Crippen molar-refractivity contribution in [3.05, 3.63) is 22.8 Å². The standard InChI is InChI=1S/C10H11BrFN3O2/c11-6-2-1-3-7(14-6)15-10(17)8-9(16)5(12)4-13-8/h1-3,5,8-9,13,16H,4H2,(H,14,15,17). The number of rotatable bonds is 2. The number of hydrogen-bond donors (Lipinski definition) is 3. The number of amides is 1. The molecule has 0 radical (unpaired) electrons. The SMILES string of the molecule is O=C(Nc1cccc(Br)n1)C1NCC(F)C1O. The minimum atomic E-state index is -1.42. The van der Waals surface area contributed by atoms with E-state index in [0.717, 1.165) is 0 Å². The second-order valence-corrected chi connectivity index (χ2v) is 4.54. The molecule has 3 atom stereocenters. The molecule has 3 N–H and O–H groups in total. The Morgan fingerprint density at radius 3 is 3.00 bits per heavy atom. The Bertz CT molecular complexity index is 432. The molecular formula is C10H11BrFN3O2. The molecule has 0 aromatic carbocycles. The molecule has 92 valence electrons. The smallest absolute Gasteiger partial charge is 0.245 e. The van der Waals surface area contributed by atoms with Crippen LogP contribution in [0.2, 0.25) is 0 Å². The number of aromatic nitrogens is 1. The molecule has 0 aliphatic carbocycles. The molecule has 0 spiro atoms. The highest BCUT2D eigenvalue weighted by Gasteiger charge is 2.39. The Morgan fingerprint density at radius 1 is 1.65 bits per heavy atom. The summed E-state index contributed by atoms with van der Waals surface area (Å²) < 4.78 is 13.6. The van der Waals surface area contributed by atoms with Gasteiger partial charge in [-0.3, -0.25) is 4.79 Å². The number of aliphatic hydroxyl groups is 1. The third kappa shape index (κ3) is 2.80. The molecule has 0 bridgehead atoms. The number of alkyl halides is 1. The van der Waals surface area contributed by atoms with Gasteiger partial charge in [-0.1, -0.05) is 6.07 Å². The summed E-state index contributed by atoms with van der Waals surface area (Å²) in [4.78, 5) is 15.7. The fourth-order valence-electron chi connectivity index (χ4n) is 1.62. The number of hydrogen-bond acceptors (Lipinski definition) is 4. The lowest BCUT2D eigenvalue weighted by molar-refractivity contribution is -0.120. The first kappa shape index (κ1) is 12.4. The maximum absolute atomic E-state index is 13.0. The normalized spacial score (nSPS) is 28.1. The highest BCUT2D eigenvalue weighted by molar-refractivity contribution is 9.10. The molecule has 1 aliphatic heterocycles. The number of nitrogens with zero attached hydrogens (tertiary/aromatic N) is 1. The number of anilines is 1. The van der Waals surface area contributed by atoms with Crippen LogP contribution in [0.4, 0.5) is 10.2 Å².